The highest BCUT2D eigenvalue weighted by Crippen LogP contribution is 2.30. The van der Waals surface area contributed by atoms with Crippen LogP contribution >= 0.6 is 0 Å². The van der Waals surface area contributed by atoms with Gasteiger partial charge < -0.3 is 9.72 Å². The molecule has 1 aliphatic rings. The Hall–Kier alpha value is -4.34. The summed E-state index contributed by atoms with van der Waals surface area (Å²) in [5, 5.41) is 10.5. The fourth-order valence-corrected chi connectivity index (χ4v) is 4.18. The average Bonchev–Trinajstić information content (AvgIpc) is 3.22. The number of nitrogens with one attached hydrogen (secondary N) is 3. The summed E-state index contributed by atoms with van der Waals surface area (Å²) >= 11 is 0. The molecule has 2 aromatic heterocycles. The first-order valence-corrected chi connectivity index (χ1v) is 11.1. The molecular weight excluding hydrogens is 456 g/mol. The van der Waals surface area contributed by atoms with E-state index in [-0.39, 0.29) is 29.2 Å². The summed E-state index contributed by atoms with van der Waals surface area (Å²) in [6.07, 6.45) is 5.09. The van der Waals surface area contributed by atoms with Crippen LogP contribution in [0.2, 0.25) is 0 Å². The Morgan fingerprint density at radius 3 is 2.66 bits per heavy atom. The van der Waals surface area contributed by atoms with E-state index in [0.717, 1.165) is 18.1 Å². The van der Waals surface area contributed by atoms with Crippen LogP contribution in [0, 0.1) is 11.6 Å². The summed E-state index contributed by atoms with van der Waals surface area (Å²) in [6.45, 7) is 1.86. The van der Waals surface area contributed by atoms with Crippen LogP contribution in [0.3, 0.4) is 0 Å². The molecule has 2 heterocycles. The van der Waals surface area contributed by atoms with Crippen molar-refractivity contribution in [1.29, 1.82) is 0 Å². The second-order valence-corrected chi connectivity index (χ2v) is 8.08. The standard InChI is InChI=1S/C25H21F2N5O3/c1-2-35-25(34)30-24-28-21-11-17(19(27)12-22(21)29-24)16-9-13(7-8-18(16)26)10-20-14-5-3-4-6-15(14)23(33)32-31-20/h5-9,11-12H,2-4,10H2,1H3,(H,32,33)(H2,28,29,30,34). The predicted molar refractivity (Wildman–Crippen MR) is 127 cm³/mol. The van der Waals surface area contributed by atoms with Crippen molar-refractivity contribution in [3.8, 4) is 11.1 Å². The Labute approximate surface area is 197 Å². The maximum Gasteiger partial charge on any atom is 0.413 e. The van der Waals surface area contributed by atoms with Crippen molar-refractivity contribution in [2.75, 3.05) is 11.9 Å². The molecular formula is C25H21F2N5O3. The summed E-state index contributed by atoms with van der Waals surface area (Å²) in [6, 6.07) is 7.07. The molecule has 0 radical (unpaired) electrons. The number of rotatable bonds is 5. The molecule has 8 nitrogen and oxygen atoms in total. The number of imidazole rings is 1. The summed E-state index contributed by atoms with van der Waals surface area (Å²) < 4.78 is 34.7. The number of fused-ring (bicyclic) bond motifs is 2. The number of carbonyl (C=O) groups excluding carboxylic acids is 1. The van der Waals surface area contributed by atoms with Gasteiger partial charge in [0.2, 0.25) is 5.95 Å². The van der Waals surface area contributed by atoms with E-state index in [4.69, 9.17) is 4.74 Å². The summed E-state index contributed by atoms with van der Waals surface area (Å²) in [7, 11) is 0. The Morgan fingerprint density at radius 2 is 1.86 bits per heavy atom. The maximum atomic E-state index is 15.0. The number of aromatic nitrogens is 4. The monoisotopic (exact) mass is 477 g/mol. The van der Waals surface area contributed by atoms with Gasteiger partial charge in [-0.15, -0.1) is 0 Å². The van der Waals surface area contributed by atoms with Gasteiger partial charge in [-0.25, -0.2) is 23.7 Å². The van der Waals surface area contributed by atoms with Crippen molar-refractivity contribution < 1.29 is 18.3 Å². The minimum absolute atomic E-state index is 0.0300. The van der Waals surface area contributed by atoms with E-state index in [9.17, 15) is 14.0 Å². The minimum atomic E-state index is -0.695. The first-order valence-electron chi connectivity index (χ1n) is 11.1. The number of H-pyrrole nitrogens is 2. The third-order valence-electron chi connectivity index (χ3n) is 5.76. The van der Waals surface area contributed by atoms with Crippen LogP contribution in [0.15, 0.2) is 35.1 Å². The van der Waals surface area contributed by atoms with E-state index >= 15 is 4.39 Å². The molecule has 178 valence electrons. The smallest absolute Gasteiger partial charge is 0.413 e. The molecule has 5 rings (SSSR count). The van der Waals surface area contributed by atoms with E-state index in [1.54, 1.807) is 19.1 Å². The summed E-state index contributed by atoms with van der Waals surface area (Å²) in [5.74, 6) is -1.16. The second-order valence-electron chi connectivity index (χ2n) is 8.08. The first kappa shape index (κ1) is 22.5. The molecule has 0 saturated heterocycles. The Morgan fingerprint density at radius 1 is 1.09 bits per heavy atom. The minimum Gasteiger partial charge on any atom is -0.450 e. The summed E-state index contributed by atoms with van der Waals surface area (Å²) in [5.41, 5.74) is 1.90. The maximum absolute atomic E-state index is 15.0. The molecule has 3 N–H and O–H groups in total. The van der Waals surface area contributed by atoms with E-state index < -0.39 is 17.7 Å². The van der Waals surface area contributed by atoms with Crippen LogP contribution in [-0.4, -0.2) is 32.9 Å². The highest BCUT2D eigenvalue weighted by atomic mass is 19.1. The van der Waals surface area contributed by atoms with Gasteiger partial charge in [0.1, 0.15) is 11.6 Å². The lowest BCUT2D eigenvalue weighted by molar-refractivity contribution is 0.167. The normalized spacial score (nSPS) is 12.5. The van der Waals surface area contributed by atoms with Gasteiger partial charge in [0.15, 0.2) is 0 Å². The molecule has 1 aliphatic carbocycles. The van der Waals surface area contributed by atoms with Crippen LogP contribution in [0.1, 0.15) is 31.0 Å². The van der Waals surface area contributed by atoms with Gasteiger partial charge in [-0.1, -0.05) is 18.2 Å². The SMILES string of the molecule is CCOC(=O)Nc1nc2cc(-c3cc(Cc4n[nH]c(=O)c5c4=CCCC=5)ccc3F)c(F)cc2[nH]1. The zero-order valence-corrected chi connectivity index (χ0v) is 18.7. The van der Waals surface area contributed by atoms with Crippen molar-refractivity contribution in [3.05, 3.63) is 74.0 Å². The van der Waals surface area contributed by atoms with E-state index in [1.807, 2.05) is 12.2 Å². The second kappa shape index (κ2) is 9.13. The first-order chi connectivity index (χ1) is 16.9. The van der Waals surface area contributed by atoms with Crippen molar-refractivity contribution in [2.24, 2.45) is 0 Å². The lowest BCUT2D eigenvalue weighted by Crippen LogP contribution is -2.45. The number of benzene rings is 2. The number of carbonyl (C=O) groups is 1. The Bertz CT molecular complexity index is 1640. The van der Waals surface area contributed by atoms with Gasteiger partial charge in [-0.2, -0.15) is 5.10 Å². The molecule has 0 spiro atoms. The molecule has 10 heteroatoms. The van der Waals surface area contributed by atoms with Crippen molar-refractivity contribution >= 4 is 35.2 Å². The molecule has 4 aromatic rings. The molecule has 0 bridgehead atoms. The van der Waals surface area contributed by atoms with Crippen molar-refractivity contribution in [2.45, 2.75) is 26.2 Å². The summed E-state index contributed by atoms with van der Waals surface area (Å²) in [4.78, 5) is 30.8. The van der Waals surface area contributed by atoms with Gasteiger partial charge in [-0.3, -0.25) is 10.1 Å². The molecule has 0 saturated carbocycles. The molecule has 0 atom stereocenters. The van der Waals surface area contributed by atoms with E-state index in [1.165, 1.54) is 18.2 Å². The number of anilines is 1. The van der Waals surface area contributed by atoms with Gasteiger partial charge in [0, 0.05) is 34.1 Å². The third-order valence-corrected chi connectivity index (χ3v) is 5.76. The van der Waals surface area contributed by atoms with Crippen LogP contribution in [-0.2, 0) is 11.2 Å². The third kappa shape index (κ3) is 4.42. The highest BCUT2D eigenvalue weighted by molar-refractivity contribution is 5.88. The van der Waals surface area contributed by atoms with Crippen LogP contribution in [0.5, 0.6) is 0 Å². The average molecular weight is 477 g/mol. The van der Waals surface area contributed by atoms with E-state index in [0.29, 0.717) is 33.9 Å². The Balaban J connectivity index is 1.52. The lowest BCUT2D eigenvalue weighted by Gasteiger charge is -2.10. The van der Waals surface area contributed by atoms with Crippen molar-refractivity contribution in [3.63, 3.8) is 0 Å². The van der Waals surface area contributed by atoms with Gasteiger partial charge >= 0.3 is 6.09 Å². The number of hydrogen-bond acceptors (Lipinski definition) is 5. The molecule has 2 aromatic carbocycles. The number of ether oxygens (including phenoxy) is 1. The van der Waals surface area contributed by atoms with E-state index in [2.05, 4.69) is 25.5 Å². The number of halogens is 2. The number of hydrogen-bond donors (Lipinski definition) is 3. The quantitative estimate of drug-likeness (QED) is 0.409. The predicted octanol–water partition coefficient (Wildman–Crippen LogP) is 3.11. The largest absolute Gasteiger partial charge is 0.450 e. The highest BCUT2D eigenvalue weighted by Gasteiger charge is 2.16. The van der Waals surface area contributed by atoms with Gasteiger partial charge in [-0.05, 0) is 43.5 Å². The van der Waals surface area contributed by atoms with Gasteiger partial charge in [0.25, 0.3) is 5.56 Å². The molecule has 0 aliphatic heterocycles. The zero-order chi connectivity index (χ0) is 24.5. The Kier molecular flexibility index (Phi) is 5.86. The van der Waals surface area contributed by atoms with Gasteiger partial charge in [0.05, 0.1) is 23.3 Å². The number of nitrogens with zero attached hydrogens (tertiary/aromatic N) is 2. The molecule has 35 heavy (non-hydrogen) atoms. The molecule has 0 fully saturated rings. The number of aromatic amines is 2. The molecule has 1 amide bonds. The topological polar surface area (TPSA) is 113 Å². The van der Waals surface area contributed by atoms with Crippen LogP contribution in [0.25, 0.3) is 34.3 Å². The van der Waals surface area contributed by atoms with Crippen LogP contribution < -0.4 is 21.3 Å². The lowest BCUT2D eigenvalue weighted by atomic mass is 9.98. The zero-order valence-electron chi connectivity index (χ0n) is 18.7. The van der Waals surface area contributed by atoms with Crippen LogP contribution in [0.4, 0.5) is 19.5 Å². The fraction of sp³-hybridized carbons (Fsp3) is 0.200. The molecule has 0 unspecified atom stereocenters. The fourth-order valence-electron chi connectivity index (χ4n) is 4.18. The van der Waals surface area contributed by atoms with Crippen molar-refractivity contribution in [1.82, 2.24) is 20.2 Å². The number of amides is 1.